The maximum Gasteiger partial charge on any atom is 0.257 e. The monoisotopic (exact) mass is 483 g/mol. The Morgan fingerprint density at radius 3 is 2.40 bits per heavy atom. The summed E-state index contributed by atoms with van der Waals surface area (Å²) in [6, 6.07) is 7.50. The van der Waals surface area contributed by atoms with Gasteiger partial charge in [0.15, 0.2) is 29.3 Å². The number of ketones is 1. The van der Waals surface area contributed by atoms with E-state index in [1.54, 1.807) is 4.90 Å². The first-order valence-corrected chi connectivity index (χ1v) is 13.6. The van der Waals surface area contributed by atoms with Crippen LogP contribution in [0.4, 0.5) is 0 Å². The number of fused-ring (bicyclic) bond motifs is 1. The van der Waals surface area contributed by atoms with Gasteiger partial charge in [-0.25, -0.2) is 4.99 Å². The Hall–Kier alpha value is -2.57. The molecule has 1 atom stereocenters. The minimum atomic E-state index is -0.652. The lowest BCUT2D eigenvalue weighted by molar-refractivity contribution is -0.133. The number of ether oxygens (including phenoxy) is 2. The lowest BCUT2D eigenvalue weighted by Crippen LogP contribution is -2.45. The van der Waals surface area contributed by atoms with Gasteiger partial charge in [0.05, 0.1) is 0 Å². The van der Waals surface area contributed by atoms with Gasteiger partial charge in [-0.2, -0.15) is 0 Å². The first kappa shape index (κ1) is 25.5. The Kier molecular flexibility index (Phi) is 8.34. The van der Waals surface area contributed by atoms with E-state index in [1.807, 2.05) is 24.3 Å². The van der Waals surface area contributed by atoms with E-state index in [0.717, 1.165) is 70.6 Å². The number of aliphatic imine (C=N–C) groups is 1. The van der Waals surface area contributed by atoms with Gasteiger partial charge in [-0.3, -0.25) is 14.5 Å². The van der Waals surface area contributed by atoms with Crippen LogP contribution in [0.25, 0.3) is 0 Å². The van der Waals surface area contributed by atoms with Gasteiger partial charge in [0.2, 0.25) is 0 Å². The Balaban J connectivity index is 1.26. The van der Waals surface area contributed by atoms with Crippen LogP contribution >= 0.6 is 0 Å². The van der Waals surface area contributed by atoms with E-state index in [9.17, 15) is 9.59 Å². The van der Waals surface area contributed by atoms with Crippen LogP contribution in [0, 0.1) is 11.8 Å². The van der Waals surface area contributed by atoms with Gasteiger partial charge in [-0.1, -0.05) is 51.7 Å². The summed E-state index contributed by atoms with van der Waals surface area (Å²) in [6.45, 7) is 5.19. The highest BCUT2D eigenvalue weighted by molar-refractivity contribution is 6.06. The zero-order valence-corrected chi connectivity index (χ0v) is 21.3. The lowest BCUT2D eigenvalue weighted by atomic mass is 9.77. The smallest absolute Gasteiger partial charge is 0.257 e. The van der Waals surface area contributed by atoms with E-state index in [1.165, 1.54) is 0 Å². The Bertz CT molecular complexity index is 915. The number of nitrogens with zero attached hydrogens (tertiary/aromatic N) is 2. The standard InChI is InChI=1S/C28H41N3O4/c1-3-5-16-28(17-6-4-2)26(33)31(27(29)30-28)18-15-20-11-13-21(14-12-20)25(32)24-19-34-22-9-7-8-10-23(22)35-24/h7-10,20-21,24H,3-6,11-19H2,1-2H3,(H2,29,30). The third-order valence-electron chi connectivity index (χ3n) is 7.97. The predicted octanol–water partition coefficient (Wildman–Crippen LogP) is 4.87. The minimum Gasteiger partial charge on any atom is -0.485 e. The first-order valence-electron chi connectivity index (χ1n) is 13.6. The van der Waals surface area contributed by atoms with Crippen molar-refractivity contribution in [2.24, 2.45) is 22.6 Å². The summed E-state index contributed by atoms with van der Waals surface area (Å²) in [4.78, 5) is 32.9. The van der Waals surface area contributed by atoms with Crippen molar-refractivity contribution in [2.45, 2.75) is 96.1 Å². The summed E-state index contributed by atoms with van der Waals surface area (Å²) < 4.78 is 11.7. The number of hydrogen-bond acceptors (Lipinski definition) is 6. The molecule has 1 aromatic carbocycles. The van der Waals surface area contributed by atoms with Crippen LogP contribution in [0.5, 0.6) is 11.5 Å². The molecule has 3 aliphatic rings. The maximum absolute atomic E-state index is 13.4. The summed E-state index contributed by atoms with van der Waals surface area (Å²) in [5.41, 5.74) is 5.62. The van der Waals surface area contributed by atoms with Crippen LogP contribution in [0.15, 0.2) is 29.3 Å². The molecule has 1 amide bonds. The highest BCUT2D eigenvalue weighted by atomic mass is 16.6. The van der Waals surface area contributed by atoms with Gasteiger partial charge >= 0.3 is 0 Å². The van der Waals surface area contributed by atoms with E-state index in [4.69, 9.17) is 20.2 Å². The van der Waals surface area contributed by atoms with Crippen molar-refractivity contribution in [3.63, 3.8) is 0 Å². The summed E-state index contributed by atoms with van der Waals surface area (Å²) >= 11 is 0. The van der Waals surface area contributed by atoms with Crippen LogP contribution < -0.4 is 15.2 Å². The van der Waals surface area contributed by atoms with Gasteiger partial charge < -0.3 is 15.2 Å². The third-order valence-corrected chi connectivity index (χ3v) is 7.97. The number of guanidine groups is 1. The number of benzene rings is 1. The quantitative estimate of drug-likeness (QED) is 0.485. The van der Waals surface area contributed by atoms with Gasteiger partial charge in [0, 0.05) is 12.5 Å². The molecule has 0 radical (unpaired) electrons. The van der Waals surface area contributed by atoms with Crippen LogP contribution in [0.3, 0.4) is 0 Å². The predicted molar refractivity (Wildman–Crippen MR) is 137 cm³/mol. The summed E-state index contributed by atoms with van der Waals surface area (Å²) in [6.07, 6.45) is 9.69. The number of unbranched alkanes of at least 4 members (excludes halogenated alkanes) is 2. The van der Waals surface area contributed by atoms with Crippen LogP contribution in [-0.2, 0) is 9.59 Å². The zero-order valence-electron chi connectivity index (χ0n) is 21.3. The van der Waals surface area contributed by atoms with Crippen molar-refractivity contribution in [2.75, 3.05) is 13.2 Å². The van der Waals surface area contributed by atoms with Crippen molar-refractivity contribution >= 4 is 17.6 Å². The van der Waals surface area contributed by atoms with Crippen LogP contribution in [-0.4, -0.2) is 47.3 Å². The lowest BCUT2D eigenvalue weighted by Gasteiger charge is -2.32. The number of Topliss-reactive ketones (excluding diaryl/α,β-unsaturated/α-hetero) is 1. The number of rotatable bonds is 11. The zero-order chi connectivity index (χ0) is 24.8. The number of carbonyl (C=O) groups is 2. The van der Waals surface area contributed by atoms with E-state index in [-0.39, 0.29) is 24.2 Å². The molecule has 2 aliphatic heterocycles. The molecule has 192 valence electrons. The molecule has 1 aliphatic carbocycles. The highest BCUT2D eigenvalue weighted by Gasteiger charge is 2.46. The number of carbonyl (C=O) groups excluding carboxylic acids is 2. The second-order valence-corrected chi connectivity index (χ2v) is 10.4. The molecule has 0 saturated heterocycles. The topological polar surface area (TPSA) is 94.2 Å². The summed E-state index contributed by atoms with van der Waals surface area (Å²) in [7, 11) is 0. The molecule has 1 saturated carbocycles. The fourth-order valence-corrected chi connectivity index (χ4v) is 5.76. The fraction of sp³-hybridized carbons (Fsp3) is 0.679. The minimum absolute atomic E-state index is 0.0147. The molecule has 0 bridgehead atoms. The Morgan fingerprint density at radius 2 is 1.74 bits per heavy atom. The number of nitrogens with two attached hydrogens (primary N) is 1. The first-order chi connectivity index (χ1) is 17.0. The van der Waals surface area contributed by atoms with Gasteiger partial charge in [0.1, 0.15) is 12.1 Å². The van der Waals surface area contributed by atoms with E-state index >= 15 is 0 Å². The average Bonchev–Trinajstić information content (AvgIpc) is 3.13. The van der Waals surface area contributed by atoms with Gasteiger partial charge in [-0.15, -0.1) is 0 Å². The molecule has 1 fully saturated rings. The van der Waals surface area contributed by atoms with E-state index < -0.39 is 11.6 Å². The normalized spacial score (nSPS) is 25.4. The summed E-state index contributed by atoms with van der Waals surface area (Å²) in [5, 5.41) is 0. The molecule has 1 aromatic rings. The molecule has 0 spiro atoms. The molecule has 2 N–H and O–H groups in total. The molecule has 2 heterocycles. The number of amides is 1. The Labute approximate surface area is 209 Å². The van der Waals surface area contributed by atoms with Crippen molar-refractivity contribution in [1.82, 2.24) is 4.90 Å². The Morgan fingerprint density at radius 1 is 1.09 bits per heavy atom. The maximum atomic E-state index is 13.4. The molecule has 35 heavy (non-hydrogen) atoms. The summed E-state index contributed by atoms with van der Waals surface area (Å²) in [5.74, 6) is 2.49. The second-order valence-electron chi connectivity index (χ2n) is 10.4. The number of para-hydroxylation sites is 2. The molecule has 7 heteroatoms. The highest BCUT2D eigenvalue weighted by Crippen LogP contribution is 2.37. The van der Waals surface area contributed by atoms with E-state index in [0.29, 0.717) is 29.9 Å². The molecule has 7 nitrogen and oxygen atoms in total. The molecular formula is C28H41N3O4. The fourth-order valence-electron chi connectivity index (χ4n) is 5.76. The van der Waals surface area contributed by atoms with Gasteiger partial charge in [-0.05, 0) is 63.0 Å². The molecule has 0 aromatic heterocycles. The van der Waals surface area contributed by atoms with Crippen molar-refractivity contribution in [3.8, 4) is 11.5 Å². The van der Waals surface area contributed by atoms with Gasteiger partial charge in [0.25, 0.3) is 5.91 Å². The SMILES string of the molecule is CCCCC1(CCCC)N=C(N)N(CCC2CCC(C(=O)C3COc4ccccc4O3)CC2)C1=O. The largest absolute Gasteiger partial charge is 0.485 e. The van der Waals surface area contributed by atoms with Crippen molar-refractivity contribution in [1.29, 1.82) is 0 Å². The van der Waals surface area contributed by atoms with Crippen molar-refractivity contribution in [3.05, 3.63) is 24.3 Å². The van der Waals surface area contributed by atoms with Crippen molar-refractivity contribution < 1.29 is 19.1 Å². The second kappa shape index (κ2) is 11.4. The van der Waals surface area contributed by atoms with Crippen LogP contribution in [0.1, 0.15) is 84.5 Å². The average molecular weight is 484 g/mol. The molecule has 4 rings (SSSR count). The molecular weight excluding hydrogens is 442 g/mol. The van der Waals surface area contributed by atoms with Crippen LogP contribution in [0.2, 0.25) is 0 Å². The third kappa shape index (κ3) is 5.65. The van der Waals surface area contributed by atoms with E-state index in [2.05, 4.69) is 13.8 Å². The molecule has 1 unspecified atom stereocenters. The number of hydrogen-bond donors (Lipinski definition) is 1.